The molecule has 1 atom stereocenters. The van der Waals surface area contributed by atoms with Crippen LogP contribution in [0.5, 0.6) is 5.75 Å². The Balaban J connectivity index is 1.98. The standard InChI is InChI=1S/C33H38N2O4/c1-8-34(9-2)24-15-12-22(13-16-24)29-28(30(37)25-19-23(33(5,6)7)14-11-21(25)4)31(38)32(39)35(29)26-18-20(3)10-17-27(26)36/h10-19,29,36-37H,8-9H2,1-7H3/b30-28+. The maximum atomic E-state index is 13.6. The van der Waals surface area contributed by atoms with Crippen molar-refractivity contribution >= 4 is 28.8 Å². The lowest BCUT2D eigenvalue weighted by atomic mass is 9.84. The molecule has 2 N–H and O–H groups in total. The lowest BCUT2D eigenvalue weighted by Gasteiger charge is -2.27. The Morgan fingerprint density at radius 1 is 0.923 bits per heavy atom. The molecule has 1 heterocycles. The molecule has 3 aromatic rings. The van der Waals surface area contributed by atoms with Crippen LogP contribution in [0.3, 0.4) is 0 Å². The van der Waals surface area contributed by atoms with Gasteiger partial charge >= 0.3 is 0 Å². The molecule has 204 valence electrons. The van der Waals surface area contributed by atoms with Crippen molar-refractivity contribution < 1.29 is 19.8 Å². The van der Waals surface area contributed by atoms with Gasteiger partial charge in [-0.3, -0.25) is 14.5 Å². The van der Waals surface area contributed by atoms with Crippen molar-refractivity contribution in [2.24, 2.45) is 0 Å². The molecular formula is C33H38N2O4. The van der Waals surface area contributed by atoms with Gasteiger partial charge in [0, 0.05) is 24.3 Å². The van der Waals surface area contributed by atoms with E-state index in [1.165, 1.54) is 11.0 Å². The van der Waals surface area contributed by atoms with E-state index in [2.05, 4.69) is 39.5 Å². The Labute approximate surface area is 231 Å². The van der Waals surface area contributed by atoms with Crippen LogP contribution >= 0.6 is 0 Å². The molecule has 0 aromatic heterocycles. The SMILES string of the molecule is CCN(CC)c1ccc(C2/C(=C(\O)c3cc(C(C)(C)C)ccc3C)C(=O)C(=O)N2c2cc(C)ccc2O)cc1. The fourth-order valence-corrected chi connectivity index (χ4v) is 5.17. The minimum absolute atomic E-state index is 0.00524. The van der Waals surface area contributed by atoms with Gasteiger partial charge in [-0.05, 0) is 85.7 Å². The number of rotatable bonds is 6. The number of aromatic hydroxyl groups is 1. The molecule has 4 rings (SSSR count). The maximum absolute atomic E-state index is 13.6. The molecule has 0 spiro atoms. The average molecular weight is 527 g/mol. The van der Waals surface area contributed by atoms with Crippen molar-refractivity contribution in [3.63, 3.8) is 0 Å². The minimum atomic E-state index is -0.916. The molecule has 39 heavy (non-hydrogen) atoms. The number of ketones is 1. The van der Waals surface area contributed by atoms with Gasteiger partial charge in [-0.2, -0.15) is 0 Å². The topological polar surface area (TPSA) is 81.1 Å². The number of amides is 1. The van der Waals surface area contributed by atoms with Gasteiger partial charge in [-0.1, -0.05) is 51.1 Å². The van der Waals surface area contributed by atoms with Crippen LogP contribution in [0.1, 0.15) is 68.5 Å². The van der Waals surface area contributed by atoms with E-state index < -0.39 is 17.7 Å². The van der Waals surface area contributed by atoms with Crippen molar-refractivity contribution in [1.82, 2.24) is 0 Å². The number of carbonyl (C=O) groups is 2. The lowest BCUT2D eigenvalue weighted by molar-refractivity contribution is -0.132. The highest BCUT2D eigenvalue weighted by Crippen LogP contribution is 2.45. The van der Waals surface area contributed by atoms with E-state index in [9.17, 15) is 19.8 Å². The van der Waals surface area contributed by atoms with Gasteiger partial charge in [-0.25, -0.2) is 0 Å². The molecule has 0 aliphatic carbocycles. The van der Waals surface area contributed by atoms with Gasteiger partial charge in [0.1, 0.15) is 11.5 Å². The third-order valence-corrected chi connectivity index (χ3v) is 7.53. The van der Waals surface area contributed by atoms with Crippen LogP contribution in [0.25, 0.3) is 5.76 Å². The second kappa shape index (κ2) is 10.6. The number of carbonyl (C=O) groups excluding carboxylic acids is 2. The normalized spacial score (nSPS) is 17.1. The quantitative estimate of drug-likeness (QED) is 0.210. The third-order valence-electron chi connectivity index (χ3n) is 7.53. The predicted molar refractivity (Wildman–Crippen MR) is 158 cm³/mol. The van der Waals surface area contributed by atoms with Crippen LogP contribution in [0.15, 0.2) is 66.2 Å². The summed E-state index contributed by atoms with van der Waals surface area (Å²) in [4.78, 5) is 30.7. The van der Waals surface area contributed by atoms with Gasteiger partial charge in [-0.15, -0.1) is 0 Å². The first-order valence-corrected chi connectivity index (χ1v) is 13.5. The molecule has 1 fully saturated rings. The highest BCUT2D eigenvalue weighted by atomic mass is 16.3. The van der Waals surface area contributed by atoms with Crippen LogP contribution in [-0.4, -0.2) is 35.0 Å². The number of phenols is 1. The number of Topliss-reactive ketones (excluding diaryl/α,β-unsaturated/α-hetero) is 1. The average Bonchev–Trinajstić information content (AvgIpc) is 3.16. The summed E-state index contributed by atoms with van der Waals surface area (Å²) in [7, 11) is 0. The molecule has 3 aromatic carbocycles. The molecule has 1 saturated heterocycles. The Bertz CT molecular complexity index is 1440. The largest absolute Gasteiger partial charge is 0.507 e. The predicted octanol–water partition coefficient (Wildman–Crippen LogP) is 6.78. The highest BCUT2D eigenvalue weighted by Gasteiger charge is 2.48. The molecular weight excluding hydrogens is 488 g/mol. The first-order valence-electron chi connectivity index (χ1n) is 13.5. The summed E-state index contributed by atoms with van der Waals surface area (Å²) in [5, 5.41) is 22.5. The van der Waals surface area contributed by atoms with Crippen molar-refractivity contribution in [3.05, 3.63) is 94.1 Å². The number of nitrogens with zero attached hydrogens (tertiary/aromatic N) is 2. The van der Waals surface area contributed by atoms with E-state index in [4.69, 9.17) is 0 Å². The molecule has 0 bridgehead atoms. The summed E-state index contributed by atoms with van der Waals surface area (Å²) < 4.78 is 0. The number of benzene rings is 3. The number of hydrogen-bond donors (Lipinski definition) is 2. The second-order valence-electron chi connectivity index (χ2n) is 11.2. The molecule has 1 aliphatic rings. The molecule has 1 amide bonds. The van der Waals surface area contributed by atoms with E-state index in [1.54, 1.807) is 12.1 Å². The first-order chi connectivity index (χ1) is 18.4. The van der Waals surface area contributed by atoms with Crippen molar-refractivity contribution in [3.8, 4) is 5.75 Å². The van der Waals surface area contributed by atoms with Crippen LogP contribution in [0.2, 0.25) is 0 Å². The van der Waals surface area contributed by atoms with Crippen molar-refractivity contribution in [2.75, 3.05) is 22.9 Å². The maximum Gasteiger partial charge on any atom is 0.300 e. The number of phenolic OH excluding ortho intramolecular Hbond substituents is 1. The van der Waals surface area contributed by atoms with E-state index in [0.717, 1.165) is 35.5 Å². The molecule has 1 aliphatic heterocycles. The second-order valence-corrected chi connectivity index (χ2v) is 11.2. The molecule has 6 nitrogen and oxygen atoms in total. The number of aliphatic hydroxyl groups excluding tert-OH is 1. The highest BCUT2D eigenvalue weighted by molar-refractivity contribution is 6.52. The van der Waals surface area contributed by atoms with Gasteiger partial charge in [0.05, 0.1) is 17.3 Å². The Kier molecular flexibility index (Phi) is 7.60. The Morgan fingerprint density at radius 3 is 2.15 bits per heavy atom. The van der Waals surface area contributed by atoms with Crippen LogP contribution in [0.4, 0.5) is 11.4 Å². The third kappa shape index (κ3) is 5.16. The van der Waals surface area contributed by atoms with Crippen molar-refractivity contribution in [2.45, 2.75) is 59.9 Å². The molecule has 1 unspecified atom stereocenters. The zero-order chi connectivity index (χ0) is 28.6. The fraction of sp³-hybridized carbons (Fsp3) is 0.333. The lowest BCUT2D eigenvalue weighted by Crippen LogP contribution is -2.29. The Hall–Kier alpha value is -4.06. The van der Waals surface area contributed by atoms with Gasteiger partial charge in [0.2, 0.25) is 0 Å². The number of aryl methyl sites for hydroxylation is 2. The summed E-state index contributed by atoms with van der Waals surface area (Å²) in [5.74, 6) is -1.91. The first kappa shape index (κ1) is 28.0. The van der Waals surface area contributed by atoms with Gasteiger partial charge < -0.3 is 15.1 Å². The number of anilines is 2. The van der Waals surface area contributed by atoms with E-state index in [0.29, 0.717) is 11.1 Å². The Morgan fingerprint density at radius 2 is 1.56 bits per heavy atom. The summed E-state index contributed by atoms with van der Waals surface area (Å²) in [5.41, 5.74) is 4.88. The van der Waals surface area contributed by atoms with Gasteiger partial charge in [0.25, 0.3) is 11.7 Å². The van der Waals surface area contributed by atoms with Crippen molar-refractivity contribution in [1.29, 1.82) is 0 Å². The van der Waals surface area contributed by atoms with Gasteiger partial charge in [0.15, 0.2) is 0 Å². The molecule has 0 saturated carbocycles. The summed E-state index contributed by atoms with van der Waals surface area (Å²) in [6.07, 6.45) is 0. The van der Waals surface area contributed by atoms with Crippen LogP contribution < -0.4 is 9.80 Å². The minimum Gasteiger partial charge on any atom is -0.507 e. The molecule has 6 heteroatoms. The number of hydrogen-bond acceptors (Lipinski definition) is 5. The van der Waals surface area contributed by atoms with Crippen LogP contribution in [-0.2, 0) is 15.0 Å². The zero-order valence-corrected chi connectivity index (χ0v) is 23.9. The van der Waals surface area contributed by atoms with E-state index in [1.807, 2.05) is 56.3 Å². The van der Waals surface area contributed by atoms with E-state index in [-0.39, 0.29) is 28.2 Å². The zero-order valence-electron chi connectivity index (χ0n) is 23.9. The monoisotopic (exact) mass is 526 g/mol. The number of aliphatic hydroxyl groups is 1. The van der Waals surface area contributed by atoms with E-state index >= 15 is 0 Å². The fourth-order valence-electron chi connectivity index (χ4n) is 5.17. The summed E-state index contributed by atoms with van der Waals surface area (Å²) >= 11 is 0. The summed E-state index contributed by atoms with van der Waals surface area (Å²) in [6, 6.07) is 17.5. The summed E-state index contributed by atoms with van der Waals surface area (Å²) in [6.45, 7) is 15.8. The molecule has 0 radical (unpaired) electrons. The van der Waals surface area contributed by atoms with Crippen LogP contribution in [0, 0.1) is 13.8 Å². The smallest absolute Gasteiger partial charge is 0.300 e.